The molecule has 7 nitrogen and oxygen atoms in total. The molecular formula is C16H27N3O4S. The molecule has 1 atom stereocenters. The first kappa shape index (κ1) is 20.5. The third-order valence-electron chi connectivity index (χ3n) is 4.05. The Morgan fingerprint density at radius 3 is 2.46 bits per heavy atom. The van der Waals surface area contributed by atoms with Crippen LogP contribution >= 0.6 is 0 Å². The Bertz CT molecular complexity index is 657. The molecule has 0 aliphatic carbocycles. The molecule has 0 saturated carbocycles. The van der Waals surface area contributed by atoms with Gasteiger partial charge in [0.25, 0.3) is 5.69 Å². The highest BCUT2D eigenvalue weighted by Crippen LogP contribution is 2.22. The quantitative estimate of drug-likeness (QED) is 0.513. The van der Waals surface area contributed by atoms with Crippen LogP contribution in [0, 0.1) is 17.0 Å². The molecular weight excluding hydrogens is 330 g/mol. The number of nitrogens with one attached hydrogen (secondary N) is 1. The lowest BCUT2D eigenvalue weighted by molar-refractivity contribution is -0.385. The van der Waals surface area contributed by atoms with Gasteiger partial charge in [0.05, 0.1) is 9.82 Å². The largest absolute Gasteiger partial charge is 0.304 e. The van der Waals surface area contributed by atoms with E-state index in [-0.39, 0.29) is 16.6 Å². The Labute approximate surface area is 144 Å². The Morgan fingerprint density at radius 2 is 1.92 bits per heavy atom. The van der Waals surface area contributed by atoms with Gasteiger partial charge in [0.15, 0.2) is 0 Å². The summed E-state index contributed by atoms with van der Waals surface area (Å²) < 4.78 is 27.4. The molecule has 0 bridgehead atoms. The lowest BCUT2D eigenvalue weighted by Gasteiger charge is -2.19. The number of nitro benzene ring substituents is 1. The minimum absolute atomic E-state index is 0.0737. The molecule has 0 amide bonds. The van der Waals surface area contributed by atoms with Crippen LogP contribution in [-0.4, -0.2) is 43.9 Å². The van der Waals surface area contributed by atoms with Crippen LogP contribution in [0.2, 0.25) is 0 Å². The molecule has 0 aliphatic heterocycles. The van der Waals surface area contributed by atoms with E-state index in [1.54, 1.807) is 6.92 Å². The minimum Gasteiger partial charge on any atom is -0.304 e. The Balaban J connectivity index is 2.72. The van der Waals surface area contributed by atoms with Gasteiger partial charge < -0.3 is 4.90 Å². The van der Waals surface area contributed by atoms with Crippen molar-refractivity contribution in [3.63, 3.8) is 0 Å². The van der Waals surface area contributed by atoms with Crippen LogP contribution in [0.15, 0.2) is 23.1 Å². The molecule has 1 rings (SSSR count). The van der Waals surface area contributed by atoms with Crippen molar-refractivity contribution < 1.29 is 13.3 Å². The van der Waals surface area contributed by atoms with Gasteiger partial charge in [0, 0.05) is 17.7 Å². The van der Waals surface area contributed by atoms with Gasteiger partial charge in [-0.15, -0.1) is 0 Å². The summed E-state index contributed by atoms with van der Waals surface area (Å²) in [6, 6.07) is 3.73. The summed E-state index contributed by atoms with van der Waals surface area (Å²) in [4.78, 5) is 12.6. The summed E-state index contributed by atoms with van der Waals surface area (Å²) in [6.07, 6.45) is 1.60. The fourth-order valence-corrected chi connectivity index (χ4v) is 3.80. The van der Waals surface area contributed by atoms with Gasteiger partial charge in [-0.2, -0.15) is 0 Å². The van der Waals surface area contributed by atoms with Crippen LogP contribution in [0.5, 0.6) is 0 Å². The number of sulfonamides is 1. The molecule has 0 spiro atoms. The summed E-state index contributed by atoms with van der Waals surface area (Å²) >= 11 is 0. The number of rotatable bonds is 10. The van der Waals surface area contributed by atoms with Gasteiger partial charge in [-0.3, -0.25) is 10.1 Å². The zero-order valence-corrected chi connectivity index (χ0v) is 15.6. The van der Waals surface area contributed by atoms with Gasteiger partial charge in [0.2, 0.25) is 10.0 Å². The monoisotopic (exact) mass is 357 g/mol. The van der Waals surface area contributed by atoms with Crippen LogP contribution in [0.4, 0.5) is 5.69 Å². The summed E-state index contributed by atoms with van der Waals surface area (Å²) in [5, 5.41) is 11.0. The number of nitro groups is 1. The second-order valence-corrected chi connectivity index (χ2v) is 7.61. The first-order valence-corrected chi connectivity index (χ1v) is 9.69. The van der Waals surface area contributed by atoms with Gasteiger partial charge in [-0.05, 0) is 52.4 Å². The maximum atomic E-state index is 12.4. The maximum absolute atomic E-state index is 12.4. The molecule has 24 heavy (non-hydrogen) atoms. The van der Waals surface area contributed by atoms with Crippen LogP contribution in [0.25, 0.3) is 0 Å². The Hall–Kier alpha value is -1.51. The van der Waals surface area contributed by atoms with Gasteiger partial charge in [0.1, 0.15) is 0 Å². The van der Waals surface area contributed by atoms with E-state index >= 15 is 0 Å². The summed E-state index contributed by atoms with van der Waals surface area (Å²) in [7, 11) is -3.76. The molecule has 1 aromatic rings. The first-order chi connectivity index (χ1) is 11.2. The van der Waals surface area contributed by atoms with E-state index in [9.17, 15) is 18.5 Å². The third-order valence-corrected chi connectivity index (χ3v) is 5.64. The molecule has 0 aliphatic rings. The standard InChI is InChI=1S/C16H27N3O4S/c1-5-18(6-2)11-7-8-14(4)17-24(22,23)15-10-9-13(3)16(12-15)19(20)21/h9-10,12,14,17H,5-8,11H2,1-4H3/t14-/m1/s1. The van der Waals surface area contributed by atoms with E-state index in [4.69, 9.17) is 0 Å². The van der Waals surface area contributed by atoms with Crippen molar-refractivity contribution >= 4 is 15.7 Å². The fraction of sp³-hybridized carbons (Fsp3) is 0.625. The molecule has 1 N–H and O–H groups in total. The number of aryl methyl sites for hydroxylation is 1. The van der Waals surface area contributed by atoms with Crippen LogP contribution in [0.1, 0.15) is 39.2 Å². The number of hydrogen-bond donors (Lipinski definition) is 1. The van der Waals surface area contributed by atoms with Crippen molar-refractivity contribution in [1.82, 2.24) is 9.62 Å². The molecule has 0 aromatic heterocycles. The van der Waals surface area contributed by atoms with Gasteiger partial charge >= 0.3 is 0 Å². The lowest BCUT2D eigenvalue weighted by atomic mass is 10.2. The van der Waals surface area contributed by atoms with Crippen LogP contribution in [0.3, 0.4) is 0 Å². The predicted octanol–water partition coefficient (Wildman–Crippen LogP) is 2.69. The highest BCUT2D eigenvalue weighted by molar-refractivity contribution is 7.89. The van der Waals surface area contributed by atoms with E-state index in [0.29, 0.717) is 12.0 Å². The van der Waals surface area contributed by atoms with Crippen molar-refractivity contribution in [3.05, 3.63) is 33.9 Å². The summed E-state index contributed by atoms with van der Waals surface area (Å²) in [5.74, 6) is 0. The second-order valence-electron chi connectivity index (χ2n) is 5.90. The lowest BCUT2D eigenvalue weighted by Crippen LogP contribution is -2.33. The topological polar surface area (TPSA) is 92.6 Å². The van der Waals surface area contributed by atoms with Crippen LogP contribution < -0.4 is 4.72 Å². The SMILES string of the molecule is CCN(CC)CCC[C@@H](C)NS(=O)(=O)c1ccc(C)c([N+](=O)[O-])c1. The molecule has 0 unspecified atom stereocenters. The van der Waals surface area contributed by atoms with Crippen molar-refractivity contribution in [1.29, 1.82) is 0 Å². The third kappa shape index (κ3) is 5.85. The Kier molecular flexibility index (Phi) is 7.78. The zero-order valence-electron chi connectivity index (χ0n) is 14.8. The van der Waals surface area contributed by atoms with Crippen molar-refractivity contribution in [2.75, 3.05) is 19.6 Å². The fourth-order valence-electron chi connectivity index (χ4n) is 2.51. The van der Waals surface area contributed by atoms with Crippen molar-refractivity contribution in [2.24, 2.45) is 0 Å². The highest BCUT2D eigenvalue weighted by atomic mass is 32.2. The van der Waals surface area contributed by atoms with E-state index in [0.717, 1.165) is 32.1 Å². The zero-order chi connectivity index (χ0) is 18.3. The molecule has 136 valence electrons. The maximum Gasteiger partial charge on any atom is 0.273 e. The number of nitrogens with zero attached hydrogens (tertiary/aromatic N) is 2. The van der Waals surface area contributed by atoms with E-state index in [1.807, 2.05) is 6.92 Å². The smallest absolute Gasteiger partial charge is 0.273 e. The summed E-state index contributed by atoms with van der Waals surface area (Å²) in [5.41, 5.74) is 0.248. The second kappa shape index (κ2) is 9.10. The average Bonchev–Trinajstić information content (AvgIpc) is 2.51. The molecule has 8 heteroatoms. The molecule has 0 radical (unpaired) electrons. The first-order valence-electron chi connectivity index (χ1n) is 8.21. The predicted molar refractivity (Wildman–Crippen MR) is 94.6 cm³/mol. The molecule has 1 aromatic carbocycles. The molecule has 0 fully saturated rings. The summed E-state index contributed by atoms with van der Waals surface area (Å²) in [6.45, 7) is 10.5. The van der Waals surface area contributed by atoms with E-state index < -0.39 is 14.9 Å². The van der Waals surface area contributed by atoms with Gasteiger partial charge in [-0.25, -0.2) is 13.1 Å². The van der Waals surface area contributed by atoms with Gasteiger partial charge in [-0.1, -0.05) is 19.9 Å². The molecule has 0 heterocycles. The number of hydrogen-bond acceptors (Lipinski definition) is 5. The van der Waals surface area contributed by atoms with Crippen LogP contribution in [-0.2, 0) is 10.0 Å². The average molecular weight is 357 g/mol. The Morgan fingerprint density at radius 1 is 1.29 bits per heavy atom. The van der Waals surface area contributed by atoms with E-state index in [1.165, 1.54) is 12.1 Å². The highest BCUT2D eigenvalue weighted by Gasteiger charge is 2.21. The van der Waals surface area contributed by atoms with E-state index in [2.05, 4.69) is 23.5 Å². The van der Waals surface area contributed by atoms with Crippen molar-refractivity contribution in [3.8, 4) is 0 Å². The van der Waals surface area contributed by atoms with Crippen molar-refractivity contribution in [2.45, 2.75) is 51.5 Å². The minimum atomic E-state index is -3.76. The number of benzene rings is 1. The molecule has 0 saturated heterocycles. The normalized spacial score (nSPS) is 13.2.